The Morgan fingerprint density at radius 1 is 1.24 bits per heavy atom. The molecule has 0 aliphatic carbocycles. The topological polar surface area (TPSA) is 28.2 Å². The van der Waals surface area contributed by atoms with Crippen LogP contribution < -0.4 is 10.2 Å². The second kappa shape index (κ2) is 8.07. The molecule has 96 valence electrons. The molecule has 1 rings (SSSR count). The average molecular weight is 235 g/mol. The molecule has 0 aliphatic rings. The fraction of sp³-hybridized carbons (Fsp3) is 0.643. The van der Waals surface area contributed by atoms with Crippen molar-refractivity contribution in [1.29, 1.82) is 0 Å². The number of aromatic nitrogens is 1. The number of rotatable bonds is 8. The zero-order chi connectivity index (χ0) is 12.5. The molecule has 1 aromatic heterocycles. The number of unbranched alkanes of at least 4 members (excludes halogenated alkanes) is 1. The predicted molar refractivity (Wildman–Crippen MR) is 74.4 cm³/mol. The van der Waals surface area contributed by atoms with Gasteiger partial charge in [-0.3, -0.25) is 0 Å². The Bertz CT molecular complexity index is 295. The Labute approximate surface area is 105 Å². The molecule has 0 aromatic carbocycles. The molecule has 0 atom stereocenters. The first kappa shape index (κ1) is 14.0. The lowest BCUT2D eigenvalue weighted by atomic mass is 10.2. The van der Waals surface area contributed by atoms with Gasteiger partial charge in [-0.05, 0) is 31.5 Å². The van der Waals surface area contributed by atoms with Gasteiger partial charge in [-0.15, -0.1) is 0 Å². The number of pyridine rings is 1. The van der Waals surface area contributed by atoms with Gasteiger partial charge in [0.2, 0.25) is 0 Å². The van der Waals surface area contributed by atoms with Gasteiger partial charge in [0.05, 0.1) is 0 Å². The second-order valence-electron chi connectivity index (χ2n) is 4.24. The molecule has 3 nitrogen and oxygen atoms in total. The molecule has 1 heterocycles. The largest absolute Gasteiger partial charge is 0.357 e. The highest BCUT2D eigenvalue weighted by molar-refractivity contribution is 5.39. The highest BCUT2D eigenvalue weighted by Crippen LogP contribution is 2.12. The molecule has 0 aliphatic heterocycles. The summed E-state index contributed by atoms with van der Waals surface area (Å²) in [5, 5.41) is 3.31. The van der Waals surface area contributed by atoms with Crippen LogP contribution in [-0.2, 0) is 6.54 Å². The minimum absolute atomic E-state index is 0.908. The minimum atomic E-state index is 0.908. The molecule has 0 saturated heterocycles. The van der Waals surface area contributed by atoms with Gasteiger partial charge in [0.1, 0.15) is 5.82 Å². The van der Waals surface area contributed by atoms with Crippen LogP contribution in [0.25, 0.3) is 0 Å². The fourth-order valence-electron chi connectivity index (χ4n) is 1.76. The van der Waals surface area contributed by atoms with E-state index >= 15 is 0 Å². The van der Waals surface area contributed by atoms with Crippen molar-refractivity contribution in [2.45, 2.75) is 40.2 Å². The van der Waals surface area contributed by atoms with Gasteiger partial charge in [0, 0.05) is 25.8 Å². The highest BCUT2D eigenvalue weighted by Gasteiger charge is 2.04. The van der Waals surface area contributed by atoms with Crippen molar-refractivity contribution in [3.63, 3.8) is 0 Å². The summed E-state index contributed by atoms with van der Waals surface area (Å²) >= 11 is 0. The number of nitrogens with one attached hydrogen (secondary N) is 1. The van der Waals surface area contributed by atoms with Gasteiger partial charge < -0.3 is 10.2 Å². The molecule has 0 fully saturated rings. The van der Waals surface area contributed by atoms with Crippen LogP contribution in [0.5, 0.6) is 0 Å². The van der Waals surface area contributed by atoms with E-state index in [0.29, 0.717) is 0 Å². The van der Waals surface area contributed by atoms with E-state index in [1.165, 1.54) is 18.4 Å². The maximum absolute atomic E-state index is 4.54. The van der Waals surface area contributed by atoms with Crippen molar-refractivity contribution in [2.75, 3.05) is 24.5 Å². The van der Waals surface area contributed by atoms with Crippen LogP contribution in [0.3, 0.4) is 0 Å². The third-order valence-electron chi connectivity index (χ3n) is 2.88. The summed E-state index contributed by atoms with van der Waals surface area (Å²) in [6.45, 7) is 10.6. The van der Waals surface area contributed by atoms with Gasteiger partial charge in [-0.1, -0.05) is 26.3 Å². The molecule has 0 unspecified atom stereocenters. The summed E-state index contributed by atoms with van der Waals surface area (Å²) in [4.78, 5) is 6.88. The smallest absolute Gasteiger partial charge is 0.128 e. The van der Waals surface area contributed by atoms with E-state index in [1.54, 1.807) is 0 Å². The van der Waals surface area contributed by atoms with Gasteiger partial charge >= 0.3 is 0 Å². The van der Waals surface area contributed by atoms with E-state index in [1.807, 2.05) is 6.20 Å². The third-order valence-corrected chi connectivity index (χ3v) is 2.88. The molecular formula is C14H25N3. The van der Waals surface area contributed by atoms with Crippen LogP contribution in [-0.4, -0.2) is 24.6 Å². The molecule has 0 radical (unpaired) electrons. The Morgan fingerprint density at radius 2 is 2.06 bits per heavy atom. The van der Waals surface area contributed by atoms with Gasteiger partial charge in [0.25, 0.3) is 0 Å². The van der Waals surface area contributed by atoms with Crippen molar-refractivity contribution in [3.8, 4) is 0 Å². The summed E-state index contributed by atoms with van der Waals surface area (Å²) < 4.78 is 0. The van der Waals surface area contributed by atoms with E-state index in [0.717, 1.165) is 32.0 Å². The Morgan fingerprint density at radius 3 is 2.59 bits per heavy atom. The monoisotopic (exact) mass is 235 g/mol. The van der Waals surface area contributed by atoms with E-state index in [-0.39, 0.29) is 0 Å². The molecule has 3 heteroatoms. The quantitative estimate of drug-likeness (QED) is 0.751. The van der Waals surface area contributed by atoms with Crippen LogP contribution in [0.4, 0.5) is 5.82 Å². The zero-order valence-electron chi connectivity index (χ0n) is 11.4. The van der Waals surface area contributed by atoms with Crippen molar-refractivity contribution in [2.24, 2.45) is 0 Å². The lowest BCUT2D eigenvalue weighted by Crippen LogP contribution is -2.24. The highest BCUT2D eigenvalue weighted by atomic mass is 15.2. The van der Waals surface area contributed by atoms with Crippen LogP contribution in [0.2, 0.25) is 0 Å². The average Bonchev–Trinajstić information content (AvgIpc) is 2.38. The van der Waals surface area contributed by atoms with Gasteiger partial charge in [0.15, 0.2) is 0 Å². The molecular weight excluding hydrogens is 210 g/mol. The number of anilines is 1. The lowest BCUT2D eigenvalue weighted by molar-refractivity contribution is 0.714. The fourth-order valence-corrected chi connectivity index (χ4v) is 1.76. The zero-order valence-corrected chi connectivity index (χ0v) is 11.4. The Kier molecular flexibility index (Phi) is 6.63. The van der Waals surface area contributed by atoms with E-state index in [2.05, 4.69) is 48.1 Å². The Hall–Kier alpha value is -1.09. The SMILES string of the molecule is CCCCN(CC)c1ccc(CNCC)cn1. The maximum Gasteiger partial charge on any atom is 0.128 e. The second-order valence-corrected chi connectivity index (χ2v) is 4.24. The summed E-state index contributed by atoms with van der Waals surface area (Å²) in [7, 11) is 0. The summed E-state index contributed by atoms with van der Waals surface area (Å²) in [5.41, 5.74) is 1.25. The van der Waals surface area contributed by atoms with Crippen LogP contribution in [0.15, 0.2) is 18.3 Å². The maximum atomic E-state index is 4.54. The number of nitrogens with zero attached hydrogens (tertiary/aromatic N) is 2. The normalized spacial score (nSPS) is 10.5. The van der Waals surface area contributed by atoms with Crippen molar-refractivity contribution in [3.05, 3.63) is 23.9 Å². The van der Waals surface area contributed by atoms with Crippen LogP contribution in [0, 0.1) is 0 Å². The molecule has 1 aromatic rings. The van der Waals surface area contributed by atoms with Crippen LogP contribution in [0.1, 0.15) is 39.2 Å². The number of hydrogen-bond donors (Lipinski definition) is 1. The van der Waals surface area contributed by atoms with Gasteiger partial charge in [-0.25, -0.2) is 4.98 Å². The molecule has 17 heavy (non-hydrogen) atoms. The number of hydrogen-bond acceptors (Lipinski definition) is 3. The van der Waals surface area contributed by atoms with Gasteiger partial charge in [-0.2, -0.15) is 0 Å². The predicted octanol–water partition coefficient (Wildman–Crippen LogP) is 2.82. The van der Waals surface area contributed by atoms with Crippen molar-refractivity contribution >= 4 is 5.82 Å². The first-order chi connectivity index (χ1) is 8.31. The van der Waals surface area contributed by atoms with Crippen LogP contribution >= 0.6 is 0 Å². The first-order valence-corrected chi connectivity index (χ1v) is 6.72. The molecule has 0 amide bonds. The Balaban J connectivity index is 2.57. The lowest BCUT2D eigenvalue weighted by Gasteiger charge is -2.21. The minimum Gasteiger partial charge on any atom is -0.357 e. The third kappa shape index (κ3) is 4.73. The van der Waals surface area contributed by atoms with Crippen molar-refractivity contribution in [1.82, 2.24) is 10.3 Å². The standard InChI is InChI=1S/C14H25N3/c1-4-7-10-17(6-3)14-9-8-13(12-16-14)11-15-5-2/h8-9,12,15H,4-7,10-11H2,1-3H3. The summed E-state index contributed by atoms with van der Waals surface area (Å²) in [6.07, 6.45) is 4.44. The van der Waals surface area contributed by atoms with E-state index in [9.17, 15) is 0 Å². The summed E-state index contributed by atoms with van der Waals surface area (Å²) in [5.74, 6) is 1.10. The molecule has 0 spiro atoms. The van der Waals surface area contributed by atoms with E-state index in [4.69, 9.17) is 0 Å². The van der Waals surface area contributed by atoms with E-state index < -0.39 is 0 Å². The van der Waals surface area contributed by atoms with Crippen molar-refractivity contribution < 1.29 is 0 Å². The first-order valence-electron chi connectivity index (χ1n) is 6.72. The molecule has 0 saturated carbocycles. The summed E-state index contributed by atoms with van der Waals surface area (Å²) in [6, 6.07) is 4.30. The molecule has 1 N–H and O–H groups in total. The molecule has 0 bridgehead atoms.